The fourth-order valence-corrected chi connectivity index (χ4v) is 2.85. The van der Waals surface area contributed by atoms with Crippen molar-refractivity contribution in [3.8, 4) is 0 Å². The highest BCUT2D eigenvalue weighted by Gasteiger charge is 2.30. The number of hydrazone groups is 1. The second-order valence-corrected chi connectivity index (χ2v) is 5.44. The highest BCUT2D eigenvalue weighted by atomic mass is 15.5. The fraction of sp³-hybridized carbons (Fsp3) is 0.105. The second kappa shape index (κ2) is 6.01. The lowest BCUT2D eigenvalue weighted by atomic mass is 10.0. The summed E-state index contributed by atoms with van der Waals surface area (Å²) < 4.78 is 0. The van der Waals surface area contributed by atoms with E-state index in [1.165, 1.54) is 0 Å². The molecular formula is C19H16N4. The Bertz CT molecular complexity index is 801. The normalized spacial score (nSPS) is 17.1. The molecule has 1 aliphatic heterocycles. The smallest absolute Gasteiger partial charge is 0.100 e. The molecule has 0 amide bonds. The standard InChI is InChI=1S/C19H16N4/c1-2-6-16(7-3-1)23-19(17-8-4-5-11-21-17)14-18(22-23)15-9-12-20-13-10-15/h1-13,19H,14H2/t19-/m1/s1. The molecule has 1 aromatic carbocycles. The Morgan fingerprint density at radius 1 is 0.826 bits per heavy atom. The Balaban J connectivity index is 1.75. The third kappa shape index (κ3) is 2.71. The third-order valence-electron chi connectivity index (χ3n) is 3.97. The van der Waals surface area contributed by atoms with Crippen LogP contribution in [0.2, 0.25) is 0 Å². The molecule has 0 aliphatic carbocycles. The van der Waals surface area contributed by atoms with E-state index in [9.17, 15) is 0 Å². The van der Waals surface area contributed by atoms with Gasteiger partial charge in [-0.25, -0.2) is 0 Å². The predicted molar refractivity (Wildman–Crippen MR) is 91.3 cm³/mol. The number of nitrogens with zero attached hydrogens (tertiary/aromatic N) is 4. The van der Waals surface area contributed by atoms with E-state index >= 15 is 0 Å². The summed E-state index contributed by atoms with van der Waals surface area (Å²) in [6.07, 6.45) is 6.27. The summed E-state index contributed by atoms with van der Waals surface area (Å²) in [6, 6.07) is 20.4. The summed E-state index contributed by atoms with van der Waals surface area (Å²) in [4.78, 5) is 8.63. The molecule has 112 valence electrons. The van der Waals surface area contributed by atoms with Crippen LogP contribution in [-0.2, 0) is 0 Å². The molecule has 0 spiro atoms. The van der Waals surface area contributed by atoms with Crippen molar-refractivity contribution in [2.75, 3.05) is 5.01 Å². The maximum absolute atomic E-state index is 4.87. The molecule has 0 fully saturated rings. The van der Waals surface area contributed by atoms with E-state index in [0.29, 0.717) is 0 Å². The highest BCUT2D eigenvalue weighted by molar-refractivity contribution is 6.03. The van der Waals surface area contributed by atoms with Gasteiger partial charge in [-0.3, -0.25) is 15.0 Å². The first kappa shape index (κ1) is 13.6. The number of pyridine rings is 2. The summed E-state index contributed by atoms with van der Waals surface area (Å²) in [5, 5.41) is 6.94. The summed E-state index contributed by atoms with van der Waals surface area (Å²) in [6.45, 7) is 0. The molecule has 0 saturated heterocycles. The zero-order valence-corrected chi connectivity index (χ0v) is 12.6. The molecule has 23 heavy (non-hydrogen) atoms. The van der Waals surface area contributed by atoms with Gasteiger partial charge in [-0.15, -0.1) is 0 Å². The maximum Gasteiger partial charge on any atom is 0.100 e. The average Bonchev–Trinajstić information content (AvgIpc) is 3.09. The van der Waals surface area contributed by atoms with E-state index in [1.54, 1.807) is 12.4 Å². The number of benzene rings is 1. The minimum Gasteiger partial charge on any atom is -0.265 e. The van der Waals surface area contributed by atoms with Gasteiger partial charge in [-0.2, -0.15) is 5.10 Å². The van der Waals surface area contributed by atoms with Crippen LogP contribution in [0.3, 0.4) is 0 Å². The van der Waals surface area contributed by atoms with Crippen LogP contribution in [-0.4, -0.2) is 15.7 Å². The summed E-state index contributed by atoms with van der Waals surface area (Å²) in [7, 11) is 0. The van der Waals surface area contributed by atoms with Gasteiger partial charge >= 0.3 is 0 Å². The highest BCUT2D eigenvalue weighted by Crippen LogP contribution is 2.35. The van der Waals surface area contributed by atoms with Crippen LogP contribution in [0.15, 0.2) is 84.4 Å². The van der Waals surface area contributed by atoms with Crippen LogP contribution in [0.25, 0.3) is 0 Å². The van der Waals surface area contributed by atoms with Crippen molar-refractivity contribution in [1.29, 1.82) is 0 Å². The van der Waals surface area contributed by atoms with E-state index < -0.39 is 0 Å². The monoisotopic (exact) mass is 300 g/mol. The van der Waals surface area contributed by atoms with Crippen LogP contribution in [0, 0.1) is 0 Å². The molecule has 3 heterocycles. The van der Waals surface area contributed by atoms with Crippen LogP contribution in [0.4, 0.5) is 5.69 Å². The summed E-state index contributed by atoms with van der Waals surface area (Å²) >= 11 is 0. The van der Waals surface area contributed by atoms with Gasteiger partial charge in [0, 0.05) is 30.6 Å². The maximum atomic E-state index is 4.87. The molecule has 0 N–H and O–H groups in total. The minimum absolute atomic E-state index is 0.113. The predicted octanol–water partition coefficient (Wildman–Crippen LogP) is 3.83. The Morgan fingerprint density at radius 2 is 1.61 bits per heavy atom. The van der Waals surface area contributed by atoms with E-state index in [1.807, 2.05) is 48.7 Å². The average molecular weight is 300 g/mol. The number of rotatable bonds is 3. The molecule has 0 bridgehead atoms. The van der Waals surface area contributed by atoms with Crippen molar-refractivity contribution >= 4 is 11.4 Å². The van der Waals surface area contributed by atoms with Gasteiger partial charge in [-0.05, 0) is 36.4 Å². The molecular weight excluding hydrogens is 284 g/mol. The third-order valence-corrected chi connectivity index (χ3v) is 3.97. The SMILES string of the molecule is c1ccc(N2N=C(c3ccncc3)C[C@@H]2c2ccccn2)cc1. The van der Waals surface area contributed by atoms with E-state index in [-0.39, 0.29) is 6.04 Å². The van der Waals surface area contributed by atoms with Crippen molar-refractivity contribution in [1.82, 2.24) is 9.97 Å². The lowest BCUT2D eigenvalue weighted by molar-refractivity contribution is 0.686. The van der Waals surface area contributed by atoms with Gasteiger partial charge in [-0.1, -0.05) is 24.3 Å². The molecule has 1 atom stereocenters. The Labute approximate surface area is 135 Å². The molecule has 4 heteroatoms. The molecule has 0 saturated carbocycles. The molecule has 4 nitrogen and oxygen atoms in total. The van der Waals surface area contributed by atoms with Crippen LogP contribution in [0.5, 0.6) is 0 Å². The second-order valence-electron chi connectivity index (χ2n) is 5.44. The Kier molecular flexibility index (Phi) is 3.56. The molecule has 1 aliphatic rings. The fourth-order valence-electron chi connectivity index (χ4n) is 2.85. The molecule has 2 aromatic heterocycles. The zero-order chi connectivity index (χ0) is 15.5. The van der Waals surface area contributed by atoms with Gasteiger partial charge < -0.3 is 0 Å². The molecule has 0 unspecified atom stereocenters. The van der Waals surface area contributed by atoms with Crippen LogP contribution in [0.1, 0.15) is 23.7 Å². The van der Waals surface area contributed by atoms with Crippen molar-refractivity contribution < 1.29 is 0 Å². The largest absolute Gasteiger partial charge is 0.265 e. The first-order valence-corrected chi connectivity index (χ1v) is 7.65. The van der Waals surface area contributed by atoms with E-state index in [0.717, 1.165) is 29.1 Å². The summed E-state index contributed by atoms with van der Waals surface area (Å²) in [5.41, 5.74) is 4.28. The molecule has 3 aromatic rings. The number of hydrogen-bond donors (Lipinski definition) is 0. The first-order valence-electron chi connectivity index (χ1n) is 7.65. The van der Waals surface area contributed by atoms with Gasteiger partial charge in [0.15, 0.2) is 0 Å². The quantitative estimate of drug-likeness (QED) is 0.738. The number of anilines is 1. The molecule has 0 radical (unpaired) electrons. The summed E-state index contributed by atoms with van der Waals surface area (Å²) in [5.74, 6) is 0. The number of hydrogen-bond acceptors (Lipinski definition) is 4. The van der Waals surface area contributed by atoms with Gasteiger partial charge in [0.05, 0.1) is 17.1 Å². The van der Waals surface area contributed by atoms with Crippen LogP contribution < -0.4 is 5.01 Å². The topological polar surface area (TPSA) is 41.4 Å². The van der Waals surface area contributed by atoms with E-state index in [2.05, 4.69) is 33.2 Å². The molecule has 4 rings (SSSR count). The lowest BCUT2D eigenvalue weighted by Gasteiger charge is -2.22. The lowest BCUT2D eigenvalue weighted by Crippen LogP contribution is -2.19. The minimum atomic E-state index is 0.113. The van der Waals surface area contributed by atoms with Crippen molar-refractivity contribution in [3.63, 3.8) is 0 Å². The van der Waals surface area contributed by atoms with Crippen molar-refractivity contribution in [2.24, 2.45) is 5.10 Å². The Morgan fingerprint density at radius 3 is 2.35 bits per heavy atom. The van der Waals surface area contributed by atoms with E-state index in [4.69, 9.17) is 5.10 Å². The van der Waals surface area contributed by atoms with Gasteiger partial charge in [0.2, 0.25) is 0 Å². The zero-order valence-electron chi connectivity index (χ0n) is 12.6. The number of aromatic nitrogens is 2. The van der Waals surface area contributed by atoms with Crippen molar-refractivity contribution in [2.45, 2.75) is 12.5 Å². The Hall–Kier alpha value is -3.01. The van der Waals surface area contributed by atoms with Crippen molar-refractivity contribution in [3.05, 3.63) is 90.5 Å². The van der Waals surface area contributed by atoms with Gasteiger partial charge in [0.25, 0.3) is 0 Å². The van der Waals surface area contributed by atoms with Gasteiger partial charge in [0.1, 0.15) is 6.04 Å². The van der Waals surface area contributed by atoms with Crippen LogP contribution >= 0.6 is 0 Å². The number of para-hydroxylation sites is 1. The first-order chi connectivity index (χ1) is 11.4.